The van der Waals surface area contributed by atoms with E-state index in [1.54, 1.807) is 13.1 Å². The van der Waals surface area contributed by atoms with Gasteiger partial charge in [-0.15, -0.1) is 0 Å². The van der Waals surface area contributed by atoms with E-state index in [4.69, 9.17) is 5.73 Å². The number of amides is 1. The van der Waals surface area contributed by atoms with Crippen LogP contribution in [0.15, 0.2) is 18.2 Å². The molecule has 2 N–H and O–H groups in total. The molecule has 0 aromatic heterocycles. The molecule has 0 aliphatic carbocycles. The Kier molecular flexibility index (Phi) is 6.86. The molecule has 0 radical (unpaired) electrons. The van der Waals surface area contributed by atoms with Crippen LogP contribution in [0.1, 0.15) is 22.3 Å². The molecule has 21 heavy (non-hydrogen) atoms. The fraction of sp³-hybridized carbons (Fsp3) is 0.438. The smallest absolute Gasteiger partial charge is 0.256 e. The largest absolute Gasteiger partial charge is 0.342 e. The van der Waals surface area contributed by atoms with Crippen molar-refractivity contribution in [2.24, 2.45) is 5.73 Å². The highest BCUT2D eigenvalue weighted by Crippen LogP contribution is 2.12. The number of hydrogen-bond acceptors (Lipinski definition) is 3. The fourth-order valence-corrected chi connectivity index (χ4v) is 1.85. The van der Waals surface area contributed by atoms with Gasteiger partial charge in [0.2, 0.25) is 0 Å². The molecule has 0 saturated heterocycles. The summed E-state index contributed by atoms with van der Waals surface area (Å²) in [5, 5.41) is 0. The number of hydrogen-bond donors (Lipinski definition) is 1. The molecule has 0 unspecified atom stereocenters. The highest BCUT2D eigenvalue weighted by Gasteiger charge is 2.16. The van der Waals surface area contributed by atoms with Crippen molar-refractivity contribution < 1.29 is 9.18 Å². The summed E-state index contributed by atoms with van der Waals surface area (Å²) < 4.78 is 13.8. The van der Waals surface area contributed by atoms with Crippen molar-refractivity contribution in [3.05, 3.63) is 35.1 Å². The second-order valence-corrected chi connectivity index (χ2v) is 5.08. The Morgan fingerprint density at radius 2 is 2.00 bits per heavy atom. The minimum Gasteiger partial charge on any atom is -0.342 e. The van der Waals surface area contributed by atoms with Gasteiger partial charge in [-0.05, 0) is 45.3 Å². The number of carbonyl (C=O) groups is 1. The van der Waals surface area contributed by atoms with Crippen LogP contribution >= 0.6 is 0 Å². The van der Waals surface area contributed by atoms with E-state index in [0.717, 1.165) is 13.0 Å². The van der Waals surface area contributed by atoms with Crippen molar-refractivity contribution in [3.63, 3.8) is 0 Å². The second-order valence-electron chi connectivity index (χ2n) is 5.08. The lowest BCUT2D eigenvalue weighted by Crippen LogP contribution is -2.30. The van der Waals surface area contributed by atoms with Crippen LogP contribution < -0.4 is 5.73 Å². The first-order valence-corrected chi connectivity index (χ1v) is 6.84. The molecule has 114 valence electrons. The SMILES string of the molecule is CN(C)CCCN(C)C(=O)c1cc(C#CCN)ccc1F. The maximum atomic E-state index is 13.8. The van der Waals surface area contributed by atoms with Gasteiger partial charge in [0.05, 0.1) is 12.1 Å². The highest BCUT2D eigenvalue weighted by molar-refractivity contribution is 5.94. The van der Waals surface area contributed by atoms with Gasteiger partial charge in [-0.1, -0.05) is 11.8 Å². The summed E-state index contributed by atoms with van der Waals surface area (Å²) in [6.45, 7) is 1.68. The number of nitrogens with two attached hydrogens (primary N) is 1. The average molecular weight is 291 g/mol. The summed E-state index contributed by atoms with van der Waals surface area (Å²) in [5.74, 6) is 4.64. The Balaban J connectivity index is 2.80. The van der Waals surface area contributed by atoms with E-state index in [1.165, 1.54) is 17.0 Å². The maximum Gasteiger partial charge on any atom is 0.256 e. The van der Waals surface area contributed by atoms with Gasteiger partial charge in [0.25, 0.3) is 5.91 Å². The lowest BCUT2D eigenvalue weighted by molar-refractivity contribution is 0.0786. The minimum atomic E-state index is -0.530. The van der Waals surface area contributed by atoms with Crippen LogP contribution in [0.25, 0.3) is 0 Å². The molecule has 1 rings (SSSR count). The summed E-state index contributed by atoms with van der Waals surface area (Å²) in [7, 11) is 5.62. The average Bonchev–Trinajstić information content (AvgIpc) is 2.45. The number of nitrogens with zero attached hydrogens (tertiary/aromatic N) is 2. The molecule has 0 aliphatic rings. The third-order valence-electron chi connectivity index (χ3n) is 2.98. The van der Waals surface area contributed by atoms with Gasteiger partial charge in [0.15, 0.2) is 0 Å². The zero-order valence-corrected chi connectivity index (χ0v) is 12.8. The van der Waals surface area contributed by atoms with Crippen LogP contribution in [0.3, 0.4) is 0 Å². The lowest BCUT2D eigenvalue weighted by atomic mass is 10.1. The molecule has 4 nitrogen and oxygen atoms in total. The Labute approximate surface area is 125 Å². The molecule has 0 atom stereocenters. The summed E-state index contributed by atoms with van der Waals surface area (Å²) in [6.07, 6.45) is 0.837. The van der Waals surface area contributed by atoms with Gasteiger partial charge < -0.3 is 15.5 Å². The van der Waals surface area contributed by atoms with Gasteiger partial charge in [-0.2, -0.15) is 0 Å². The van der Waals surface area contributed by atoms with Gasteiger partial charge in [0.1, 0.15) is 5.82 Å². The summed E-state index contributed by atoms with van der Waals surface area (Å²) in [5.41, 5.74) is 5.94. The first kappa shape index (κ1) is 17.2. The van der Waals surface area contributed by atoms with Crippen molar-refractivity contribution in [2.75, 3.05) is 40.8 Å². The topological polar surface area (TPSA) is 49.6 Å². The fourth-order valence-electron chi connectivity index (χ4n) is 1.85. The van der Waals surface area contributed by atoms with E-state index in [0.29, 0.717) is 12.1 Å². The molecule has 1 aromatic carbocycles. The van der Waals surface area contributed by atoms with Gasteiger partial charge in [-0.3, -0.25) is 4.79 Å². The van der Waals surface area contributed by atoms with Crippen LogP contribution in [0, 0.1) is 17.7 Å². The molecule has 1 amide bonds. The molecule has 0 heterocycles. The van der Waals surface area contributed by atoms with Gasteiger partial charge in [-0.25, -0.2) is 4.39 Å². The lowest BCUT2D eigenvalue weighted by Gasteiger charge is -2.19. The van der Waals surface area contributed by atoms with Crippen molar-refractivity contribution in [1.29, 1.82) is 0 Å². The van der Waals surface area contributed by atoms with Crippen LogP contribution in [0.5, 0.6) is 0 Å². The molecule has 0 spiro atoms. The van der Waals surface area contributed by atoms with Crippen LogP contribution in [0.4, 0.5) is 4.39 Å². The van der Waals surface area contributed by atoms with E-state index in [-0.39, 0.29) is 18.0 Å². The zero-order valence-electron chi connectivity index (χ0n) is 12.8. The van der Waals surface area contributed by atoms with Crippen molar-refractivity contribution in [3.8, 4) is 11.8 Å². The molecular weight excluding hydrogens is 269 g/mol. The van der Waals surface area contributed by atoms with Crippen LogP contribution in [-0.4, -0.2) is 56.5 Å². The second kappa shape index (κ2) is 8.40. The van der Waals surface area contributed by atoms with E-state index in [2.05, 4.69) is 11.8 Å². The third-order valence-corrected chi connectivity index (χ3v) is 2.98. The first-order chi connectivity index (χ1) is 9.95. The van der Waals surface area contributed by atoms with E-state index in [9.17, 15) is 9.18 Å². The van der Waals surface area contributed by atoms with Crippen molar-refractivity contribution in [1.82, 2.24) is 9.80 Å². The molecule has 5 heteroatoms. The summed E-state index contributed by atoms with van der Waals surface area (Å²) in [4.78, 5) is 15.8. The van der Waals surface area contributed by atoms with Crippen molar-refractivity contribution >= 4 is 5.91 Å². The summed E-state index contributed by atoms with van der Waals surface area (Å²) >= 11 is 0. The first-order valence-electron chi connectivity index (χ1n) is 6.84. The Hall–Kier alpha value is -1.90. The molecule has 0 aliphatic heterocycles. The number of benzene rings is 1. The van der Waals surface area contributed by atoms with E-state index in [1.807, 2.05) is 19.0 Å². The quantitative estimate of drug-likeness (QED) is 0.828. The molecule has 1 aromatic rings. The standard InChI is InChI=1S/C16H22FN3O/c1-19(2)10-5-11-20(3)16(21)14-12-13(6-4-9-18)7-8-15(14)17/h7-8,12H,5,9-11,18H2,1-3H3. The molecule has 0 bridgehead atoms. The third kappa shape index (κ3) is 5.54. The molecule has 0 fully saturated rings. The number of carbonyl (C=O) groups excluding carboxylic acids is 1. The molecular formula is C16H22FN3O. The maximum absolute atomic E-state index is 13.8. The van der Waals surface area contributed by atoms with E-state index >= 15 is 0 Å². The van der Waals surface area contributed by atoms with Gasteiger partial charge in [0, 0.05) is 19.2 Å². The number of halogens is 1. The minimum absolute atomic E-state index is 0.0474. The predicted octanol–water partition coefficient (Wildman–Crippen LogP) is 1.16. The normalized spacial score (nSPS) is 10.2. The summed E-state index contributed by atoms with van der Waals surface area (Å²) in [6, 6.07) is 4.28. The Morgan fingerprint density at radius 1 is 1.29 bits per heavy atom. The van der Waals surface area contributed by atoms with Crippen LogP contribution in [-0.2, 0) is 0 Å². The van der Waals surface area contributed by atoms with E-state index < -0.39 is 5.82 Å². The highest BCUT2D eigenvalue weighted by atomic mass is 19.1. The molecule has 0 saturated carbocycles. The number of rotatable bonds is 5. The monoisotopic (exact) mass is 291 g/mol. The Bertz CT molecular complexity index is 546. The van der Waals surface area contributed by atoms with Gasteiger partial charge >= 0.3 is 0 Å². The zero-order chi connectivity index (χ0) is 15.8. The van der Waals surface area contributed by atoms with Crippen LogP contribution in [0.2, 0.25) is 0 Å². The van der Waals surface area contributed by atoms with Crippen molar-refractivity contribution in [2.45, 2.75) is 6.42 Å². The predicted molar refractivity (Wildman–Crippen MR) is 82.5 cm³/mol. The Morgan fingerprint density at radius 3 is 2.62 bits per heavy atom.